The number of carbonyl (C=O) groups is 1. The van der Waals surface area contributed by atoms with Crippen LogP contribution in [0.1, 0.15) is 24.0 Å². The molecular formula is C16H14Br2O. The van der Waals surface area contributed by atoms with Crippen LogP contribution in [0, 0.1) is 0 Å². The van der Waals surface area contributed by atoms with Gasteiger partial charge < -0.3 is 0 Å². The van der Waals surface area contributed by atoms with Gasteiger partial charge in [0, 0.05) is 14.9 Å². The summed E-state index contributed by atoms with van der Waals surface area (Å²) in [6.45, 7) is 1.65. The van der Waals surface area contributed by atoms with Crippen LogP contribution in [0.4, 0.5) is 0 Å². The van der Waals surface area contributed by atoms with E-state index in [1.165, 1.54) is 0 Å². The lowest BCUT2D eigenvalue weighted by molar-refractivity contribution is -0.118. The van der Waals surface area contributed by atoms with Crippen molar-refractivity contribution in [1.29, 1.82) is 0 Å². The first kappa shape index (κ1) is 14.5. The van der Waals surface area contributed by atoms with Gasteiger partial charge in [-0.1, -0.05) is 68.3 Å². The molecule has 0 aromatic heterocycles. The van der Waals surface area contributed by atoms with Gasteiger partial charge in [0.15, 0.2) is 0 Å². The van der Waals surface area contributed by atoms with E-state index in [2.05, 4.69) is 37.9 Å². The highest BCUT2D eigenvalue weighted by molar-refractivity contribution is 9.10. The van der Waals surface area contributed by atoms with E-state index in [0.717, 1.165) is 20.1 Å². The summed E-state index contributed by atoms with van der Waals surface area (Å²) in [5.41, 5.74) is 2.20. The maximum atomic E-state index is 12.0. The van der Waals surface area contributed by atoms with Crippen LogP contribution in [0.2, 0.25) is 0 Å². The lowest BCUT2D eigenvalue weighted by Crippen LogP contribution is -2.13. The van der Waals surface area contributed by atoms with E-state index in [4.69, 9.17) is 0 Å². The second-order valence-corrected chi connectivity index (χ2v) is 6.19. The molecule has 0 saturated carbocycles. The maximum absolute atomic E-state index is 12.0. The zero-order chi connectivity index (χ0) is 13.8. The summed E-state index contributed by atoms with van der Waals surface area (Å²) < 4.78 is 2.04. The average molecular weight is 382 g/mol. The largest absolute Gasteiger partial charge is 0.299 e. The maximum Gasteiger partial charge on any atom is 0.137 e. The van der Waals surface area contributed by atoms with Crippen molar-refractivity contribution in [1.82, 2.24) is 0 Å². The van der Waals surface area contributed by atoms with Crippen molar-refractivity contribution in [2.75, 3.05) is 0 Å². The number of hydrogen-bond donors (Lipinski definition) is 0. The molecular weight excluding hydrogens is 368 g/mol. The summed E-state index contributed by atoms with van der Waals surface area (Å²) >= 11 is 7.08. The van der Waals surface area contributed by atoms with E-state index < -0.39 is 0 Å². The van der Waals surface area contributed by atoms with Crippen molar-refractivity contribution in [3.63, 3.8) is 0 Å². The first-order chi connectivity index (χ1) is 9.09. The number of benzene rings is 2. The highest BCUT2D eigenvalue weighted by atomic mass is 79.9. The summed E-state index contributed by atoms with van der Waals surface area (Å²) in [4.78, 5) is 12.0. The van der Waals surface area contributed by atoms with Gasteiger partial charge in [-0.15, -0.1) is 0 Å². The first-order valence-corrected chi connectivity index (χ1v) is 7.66. The predicted octanol–water partition coefficient (Wildman–Crippen LogP) is 5.13. The van der Waals surface area contributed by atoms with E-state index in [0.29, 0.717) is 6.42 Å². The fourth-order valence-electron chi connectivity index (χ4n) is 2.11. The van der Waals surface area contributed by atoms with Crippen LogP contribution in [-0.2, 0) is 11.2 Å². The Morgan fingerprint density at radius 1 is 1.00 bits per heavy atom. The van der Waals surface area contributed by atoms with Crippen LogP contribution in [0.25, 0.3) is 0 Å². The Morgan fingerprint density at radius 2 is 1.58 bits per heavy atom. The number of carbonyl (C=O) groups excluding carboxylic acids is 1. The van der Waals surface area contributed by atoms with Crippen molar-refractivity contribution >= 4 is 37.6 Å². The monoisotopic (exact) mass is 380 g/mol. The Kier molecular flexibility index (Phi) is 4.94. The molecule has 0 radical (unpaired) electrons. The van der Waals surface area contributed by atoms with Gasteiger partial charge in [0.1, 0.15) is 5.78 Å². The molecule has 0 saturated heterocycles. The van der Waals surface area contributed by atoms with E-state index in [1.807, 2.05) is 42.5 Å². The predicted molar refractivity (Wildman–Crippen MR) is 85.4 cm³/mol. The number of rotatable bonds is 4. The van der Waals surface area contributed by atoms with Gasteiger partial charge in [0.2, 0.25) is 0 Å². The summed E-state index contributed by atoms with van der Waals surface area (Å²) in [7, 11) is 0. The molecule has 0 heterocycles. The zero-order valence-electron chi connectivity index (χ0n) is 10.6. The molecule has 1 unspecified atom stereocenters. The first-order valence-electron chi connectivity index (χ1n) is 6.08. The normalized spacial score (nSPS) is 12.2. The molecule has 2 aromatic carbocycles. The van der Waals surface area contributed by atoms with Crippen LogP contribution in [-0.4, -0.2) is 5.78 Å². The van der Waals surface area contributed by atoms with Crippen molar-refractivity contribution in [2.24, 2.45) is 0 Å². The SMILES string of the molecule is CC(=O)C(Cc1ccccc1Br)c1ccccc1Br. The van der Waals surface area contributed by atoms with Crippen LogP contribution in [0.5, 0.6) is 0 Å². The molecule has 2 aromatic rings. The van der Waals surface area contributed by atoms with Crippen molar-refractivity contribution in [3.8, 4) is 0 Å². The third kappa shape index (κ3) is 3.54. The molecule has 1 nitrogen and oxygen atoms in total. The smallest absolute Gasteiger partial charge is 0.137 e. The van der Waals surface area contributed by atoms with Gasteiger partial charge in [-0.3, -0.25) is 4.79 Å². The van der Waals surface area contributed by atoms with E-state index in [1.54, 1.807) is 6.92 Å². The Hall–Kier alpha value is -0.930. The van der Waals surface area contributed by atoms with Gasteiger partial charge in [0.05, 0.1) is 0 Å². The van der Waals surface area contributed by atoms with Crippen LogP contribution in [0.15, 0.2) is 57.5 Å². The fraction of sp³-hybridized carbons (Fsp3) is 0.188. The number of hydrogen-bond acceptors (Lipinski definition) is 1. The van der Waals surface area contributed by atoms with E-state index >= 15 is 0 Å². The Bertz CT molecular complexity index is 593. The Morgan fingerprint density at radius 3 is 2.16 bits per heavy atom. The number of halogens is 2. The van der Waals surface area contributed by atoms with Crippen LogP contribution < -0.4 is 0 Å². The second kappa shape index (κ2) is 6.49. The molecule has 98 valence electrons. The minimum absolute atomic E-state index is 0.116. The molecule has 1 atom stereocenters. The lowest BCUT2D eigenvalue weighted by atomic mass is 9.89. The third-order valence-electron chi connectivity index (χ3n) is 3.15. The number of Topliss-reactive ketones (excluding diaryl/α,β-unsaturated/α-hetero) is 1. The minimum atomic E-state index is -0.116. The van der Waals surface area contributed by atoms with Gasteiger partial charge in [-0.25, -0.2) is 0 Å². The third-order valence-corrected chi connectivity index (χ3v) is 4.65. The topological polar surface area (TPSA) is 17.1 Å². The van der Waals surface area contributed by atoms with Gasteiger partial charge in [-0.2, -0.15) is 0 Å². The fourth-order valence-corrected chi connectivity index (χ4v) is 3.12. The Labute approximate surface area is 130 Å². The van der Waals surface area contributed by atoms with Gasteiger partial charge in [-0.05, 0) is 36.6 Å². The van der Waals surface area contributed by atoms with Crippen LogP contribution >= 0.6 is 31.9 Å². The van der Waals surface area contributed by atoms with Crippen molar-refractivity contribution < 1.29 is 4.79 Å². The molecule has 0 bridgehead atoms. The molecule has 0 aliphatic carbocycles. The van der Waals surface area contributed by atoms with Crippen molar-refractivity contribution in [2.45, 2.75) is 19.3 Å². The summed E-state index contributed by atoms with van der Waals surface area (Å²) in [5, 5.41) is 0. The molecule has 0 amide bonds. The molecule has 0 fully saturated rings. The second-order valence-electron chi connectivity index (χ2n) is 4.48. The zero-order valence-corrected chi connectivity index (χ0v) is 13.7. The van der Waals surface area contributed by atoms with E-state index in [-0.39, 0.29) is 11.7 Å². The highest BCUT2D eigenvalue weighted by Crippen LogP contribution is 2.30. The molecule has 3 heteroatoms. The lowest BCUT2D eigenvalue weighted by Gasteiger charge is -2.16. The highest BCUT2D eigenvalue weighted by Gasteiger charge is 2.20. The van der Waals surface area contributed by atoms with Gasteiger partial charge in [0.25, 0.3) is 0 Å². The molecule has 19 heavy (non-hydrogen) atoms. The van der Waals surface area contributed by atoms with Crippen molar-refractivity contribution in [3.05, 3.63) is 68.6 Å². The van der Waals surface area contributed by atoms with Crippen LogP contribution in [0.3, 0.4) is 0 Å². The molecule has 0 aliphatic heterocycles. The quantitative estimate of drug-likeness (QED) is 0.717. The minimum Gasteiger partial charge on any atom is -0.299 e. The summed E-state index contributed by atoms with van der Waals surface area (Å²) in [6.07, 6.45) is 0.708. The standard InChI is InChI=1S/C16H14Br2O/c1-11(19)14(13-7-3-5-9-16(13)18)10-12-6-2-4-8-15(12)17/h2-9,14H,10H2,1H3. The van der Waals surface area contributed by atoms with E-state index in [9.17, 15) is 4.79 Å². The molecule has 0 N–H and O–H groups in total. The molecule has 0 aliphatic rings. The summed E-state index contributed by atoms with van der Waals surface area (Å²) in [5.74, 6) is 0.0666. The molecule has 2 rings (SSSR count). The average Bonchev–Trinajstić information content (AvgIpc) is 2.38. The van der Waals surface area contributed by atoms with Gasteiger partial charge >= 0.3 is 0 Å². The summed E-state index contributed by atoms with van der Waals surface area (Å²) in [6, 6.07) is 16.0. The Balaban J connectivity index is 2.35. The molecule has 0 spiro atoms. The number of ketones is 1.